The first-order valence-corrected chi connectivity index (χ1v) is 12.6. The van der Waals surface area contributed by atoms with Crippen molar-refractivity contribution >= 4 is 72.8 Å². The van der Waals surface area contributed by atoms with Gasteiger partial charge in [-0.2, -0.15) is 25.3 Å². The van der Waals surface area contributed by atoms with Crippen LogP contribution in [0.2, 0.25) is 0 Å². The van der Waals surface area contributed by atoms with Crippen molar-refractivity contribution in [2.24, 2.45) is 11.5 Å². The second-order valence-electron chi connectivity index (χ2n) is 7.79. The van der Waals surface area contributed by atoms with Gasteiger partial charge in [0.1, 0.15) is 31.2 Å². The van der Waals surface area contributed by atoms with E-state index in [9.17, 15) is 38.4 Å². The highest BCUT2D eigenvalue weighted by atomic mass is 32.1. The van der Waals surface area contributed by atoms with Gasteiger partial charge >= 0.3 is 23.9 Å². The molecule has 18 nitrogen and oxygen atoms in total. The number of carbonyl (C=O) groups is 8. The molecule has 228 valence electrons. The highest BCUT2D eigenvalue weighted by Crippen LogP contribution is 1.98. The van der Waals surface area contributed by atoms with Crippen molar-refractivity contribution in [3.8, 4) is 0 Å². The van der Waals surface area contributed by atoms with Crippen LogP contribution in [-0.4, -0.2) is 117 Å². The van der Waals surface area contributed by atoms with Gasteiger partial charge in [-0.3, -0.25) is 38.4 Å². The molecule has 40 heavy (non-hydrogen) atoms. The van der Waals surface area contributed by atoms with Crippen LogP contribution >= 0.6 is 25.3 Å². The minimum absolute atomic E-state index is 0.0256. The van der Waals surface area contributed by atoms with E-state index >= 15 is 0 Å². The molecule has 0 heterocycles. The number of carboxylic acids is 4. The maximum absolute atomic E-state index is 11.6. The van der Waals surface area contributed by atoms with Crippen molar-refractivity contribution in [3.05, 3.63) is 0 Å². The monoisotopic (exact) mass is 614 g/mol. The predicted octanol–water partition coefficient (Wildman–Crippen LogP) is -4.41. The van der Waals surface area contributed by atoms with E-state index in [2.05, 4.69) is 46.5 Å². The zero-order chi connectivity index (χ0) is 31.4. The molecule has 0 saturated carbocycles. The van der Waals surface area contributed by atoms with E-state index in [0.29, 0.717) is 0 Å². The molecule has 4 atom stereocenters. The SMILES string of the molecule is NC(CCC(=O)NC(CS)C(=O)NCC(=O)O)C(=O)O.NC(CCC(=O)O)C(=O)NC(CS)C(=O)NCC(=O)O. The lowest BCUT2D eigenvalue weighted by Gasteiger charge is -2.18. The second-order valence-corrected chi connectivity index (χ2v) is 8.52. The van der Waals surface area contributed by atoms with E-state index in [1.165, 1.54) is 0 Å². The predicted molar refractivity (Wildman–Crippen MR) is 143 cm³/mol. The third-order valence-corrected chi connectivity index (χ3v) is 5.21. The zero-order valence-electron chi connectivity index (χ0n) is 21.1. The van der Waals surface area contributed by atoms with Gasteiger partial charge in [-0.25, -0.2) is 0 Å². The quantitative estimate of drug-likeness (QED) is 0.0649. The van der Waals surface area contributed by atoms with E-state index in [-0.39, 0.29) is 37.2 Å². The van der Waals surface area contributed by atoms with Crippen molar-refractivity contribution in [2.75, 3.05) is 24.6 Å². The summed E-state index contributed by atoms with van der Waals surface area (Å²) in [4.78, 5) is 87.5. The normalized spacial score (nSPS) is 13.1. The van der Waals surface area contributed by atoms with Crippen LogP contribution in [0.5, 0.6) is 0 Å². The number of amides is 4. The number of carbonyl (C=O) groups excluding carboxylic acids is 4. The summed E-state index contributed by atoms with van der Waals surface area (Å²) in [6.45, 7) is -1.15. The molecule has 0 bridgehead atoms. The Kier molecular flexibility index (Phi) is 20.5. The van der Waals surface area contributed by atoms with Gasteiger partial charge in [0.25, 0.3) is 0 Å². The first-order valence-electron chi connectivity index (χ1n) is 11.3. The van der Waals surface area contributed by atoms with Crippen molar-refractivity contribution < 1.29 is 58.8 Å². The smallest absolute Gasteiger partial charge is 0.322 e. The number of aliphatic carboxylic acids is 4. The van der Waals surface area contributed by atoms with Gasteiger partial charge in [0.05, 0.1) is 6.04 Å². The van der Waals surface area contributed by atoms with Crippen molar-refractivity contribution in [1.29, 1.82) is 0 Å². The van der Waals surface area contributed by atoms with Gasteiger partial charge in [0.2, 0.25) is 23.6 Å². The molecule has 0 aromatic carbocycles. The fourth-order valence-electron chi connectivity index (χ4n) is 2.33. The molecule has 0 aliphatic rings. The zero-order valence-corrected chi connectivity index (χ0v) is 22.9. The number of thiol groups is 2. The van der Waals surface area contributed by atoms with E-state index in [0.717, 1.165) is 0 Å². The van der Waals surface area contributed by atoms with Gasteiger partial charge < -0.3 is 53.2 Å². The Bertz CT molecular complexity index is 922. The molecule has 0 aliphatic carbocycles. The standard InChI is InChI=1S/2C10H17N3O6S/c11-5(10(18)19)1-2-7(14)13-6(4-20)9(17)12-3-8(15)16;11-5(1-2-7(14)15)9(18)13-6(4-20)10(19)12-3-8(16)17/h5-6,20H,1-4,11H2,(H,12,17)(H,13,14)(H,15,16)(H,18,19);5-6,20H,1-4,11H2,(H,12,19)(H,13,18)(H,14,15)(H,16,17). The van der Waals surface area contributed by atoms with Crippen LogP contribution in [0.3, 0.4) is 0 Å². The molecule has 0 spiro atoms. The third-order valence-electron chi connectivity index (χ3n) is 4.48. The Hall–Kier alpha value is -3.62. The topological polar surface area (TPSA) is 318 Å². The molecule has 0 aliphatic heterocycles. The largest absolute Gasteiger partial charge is 0.481 e. The number of nitrogens with two attached hydrogens (primary N) is 2. The number of hydrogen-bond donors (Lipinski definition) is 12. The van der Waals surface area contributed by atoms with Gasteiger partial charge in [-0.15, -0.1) is 0 Å². The maximum Gasteiger partial charge on any atom is 0.322 e. The second kappa shape index (κ2) is 21.2. The molecule has 0 aromatic rings. The van der Waals surface area contributed by atoms with Crippen molar-refractivity contribution in [1.82, 2.24) is 21.3 Å². The minimum Gasteiger partial charge on any atom is -0.481 e. The fourth-order valence-corrected chi connectivity index (χ4v) is 2.84. The average Bonchev–Trinajstić information content (AvgIpc) is 2.88. The molecular weight excluding hydrogens is 580 g/mol. The average molecular weight is 615 g/mol. The van der Waals surface area contributed by atoms with Gasteiger partial charge in [0, 0.05) is 24.3 Å². The highest BCUT2D eigenvalue weighted by Gasteiger charge is 2.23. The van der Waals surface area contributed by atoms with Crippen LogP contribution in [-0.2, 0) is 38.4 Å². The van der Waals surface area contributed by atoms with Crippen LogP contribution in [0.15, 0.2) is 0 Å². The minimum atomic E-state index is -1.22. The molecule has 0 radical (unpaired) electrons. The number of carboxylic acid groups (broad SMARTS) is 4. The summed E-state index contributed by atoms with van der Waals surface area (Å²) in [5.74, 6) is -7.47. The lowest BCUT2D eigenvalue weighted by molar-refractivity contribution is -0.139. The Morgan fingerprint density at radius 2 is 1.02 bits per heavy atom. The van der Waals surface area contributed by atoms with E-state index < -0.39 is 84.8 Å². The van der Waals surface area contributed by atoms with Crippen molar-refractivity contribution in [2.45, 2.75) is 49.9 Å². The lowest BCUT2D eigenvalue weighted by Crippen LogP contribution is -2.53. The van der Waals surface area contributed by atoms with Gasteiger partial charge in [-0.1, -0.05) is 0 Å². The van der Waals surface area contributed by atoms with Crippen LogP contribution < -0.4 is 32.7 Å². The number of nitrogens with one attached hydrogen (secondary N) is 4. The Balaban J connectivity index is 0. The highest BCUT2D eigenvalue weighted by molar-refractivity contribution is 7.80. The van der Waals surface area contributed by atoms with Crippen LogP contribution in [0.25, 0.3) is 0 Å². The summed E-state index contributed by atoms with van der Waals surface area (Å²) in [5.41, 5.74) is 10.7. The molecule has 12 N–H and O–H groups in total. The molecule has 0 rings (SSSR count). The molecule has 4 unspecified atom stereocenters. The fraction of sp³-hybridized carbons (Fsp3) is 0.600. The maximum atomic E-state index is 11.6. The molecule has 4 amide bonds. The van der Waals surface area contributed by atoms with Crippen LogP contribution in [0, 0.1) is 0 Å². The summed E-state index contributed by atoms with van der Waals surface area (Å²) < 4.78 is 0. The molecule has 0 fully saturated rings. The summed E-state index contributed by atoms with van der Waals surface area (Å²) in [6, 6.07) is -4.26. The first kappa shape index (κ1) is 38.5. The summed E-state index contributed by atoms with van der Waals surface area (Å²) in [7, 11) is 0. The molecule has 0 aromatic heterocycles. The van der Waals surface area contributed by atoms with Crippen LogP contribution in [0.1, 0.15) is 25.7 Å². The Morgan fingerprint density at radius 1 is 0.600 bits per heavy atom. The summed E-state index contributed by atoms with van der Waals surface area (Å²) in [5, 5.41) is 42.6. The van der Waals surface area contributed by atoms with Gasteiger partial charge in [0.15, 0.2) is 0 Å². The lowest BCUT2D eigenvalue weighted by atomic mass is 10.1. The van der Waals surface area contributed by atoms with Crippen molar-refractivity contribution in [3.63, 3.8) is 0 Å². The number of hydrogen-bond acceptors (Lipinski definition) is 12. The molecule has 20 heteroatoms. The molecular formula is C20H34N6O12S2. The summed E-state index contributed by atoms with van der Waals surface area (Å²) >= 11 is 7.74. The first-order chi connectivity index (χ1) is 18.5. The Morgan fingerprint density at radius 3 is 1.40 bits per heavy atom. The Labute approximate surface area is 238 Å². The summed E-state index contributed by atoms with van der Waals surface area (Å²) in [6.07, 6.45) is -0.580. The number of rotatable bonds is 18. The van der Waals surface area contributed by atoms with Gasteiger partial charge in [-0.05, 0) is 12.8 Å². The van der Waals surface area contributed by atoms with E-state index in [1.54, 1.807) is 0 Å². The molecule has 0 saturated heterocycles. The van der Waals surface area contributed by atoms with E-state index in [1.807, 2.05) is 0 Å². The van der Waals surface area contributed by atoms with Crippen LogP contribution in [0.4, 0.5) is 0 Å². The third kappa shape index (κ3) is 19.4. The van der Waals surface area contributed by atoms with E-state index in [4.69, 9.17) is 31.9 Å².